The summed E-state index contributed by atoms with van der Waals surface area (Å²) in [6, 6.07) is 6.58. The number of hydrogen-bond acceptors (Lipinski definition) is 2. The van der Waals surface area contributed by atoms with Gasteiger partial charge in [0.2, 0.25) is 0 Å². The van der Waals surface area contributed by atoms with Crippen molar-refractivity contribution < 1.29 is 4.74 Å². The lowest BCUT2D eigenvalue weighted by molar-refractivity contribution is 0.191. The van der Waals surface area contributed by atoms with Crippen LogP contribution in [-0.4, -0.2) is 26.3 Å². The molecule has 1 unspecified atom stereocenters. The number of ether oxygens (including phenoxy) is 1. The molecule has 2 atom stereocenters. The summed E-state index contributed by atoms with van der Waals surface area (Å²) in [6.45, 7) is 1.93. The SMILES string of the molecule is COCCCC[C@@H]1NCCC1c1ccc(Cl)c(Cl)c1. The van der Waals surface area contributed by atoms with Crippen molar-refractivity contribution in [3.05, 3.63) is 33.8 Å². The van der Waals surface area contributed by atoms with E-state index in [2.05, 4.69) is 11.4 Å². The molecule has 4 heteroatoms. The maximum Gasteiger partial charge on any atom is 0.0595 e. The van der Waals surface area contributed by atoms with Crippen molar-refractivity contribution in [3.8, 4) is 0 Å². The highest BCUT2D eigenvalue weighted by Gasteiger charge is 2.27. The molecule has 19 heavy (non-hydrogen) atoms. The van der Waals surface area contributed by atoms with Crippen molar-refractivity contribution in [2.24, 2.45) is 0 Å². The minimum absolute atomic E-state index is 0.550. The fraction of sp³-hybridized carbons (Fsp3) is 0.600. The van der Waals surface area contributed by atoms with Crippen molar-refractivity contribution in [1.82, 2.24) is 5.32 Å². The Labute approximate surface area is 125 Å². The van der Waals surface area contributed by atoms with E-state index >= 15 is 0 Å². The van der Waals surface area contributed by atoms with Crippen LogP contribution < -0.4 is 5.32 Å². The summed E-state index contributed by atoms with van der Waals surface area (Å²) in [6.07, 6.45) is 4.69. The third kappa shape index (κ3) is 4.09. The first-order valence-electron chi connectivity index (χ1n) is 6.89. The van der Waals surface area contributed by atoms with Gasteiger partial charge in [-0.25, -0.2) is 0 Å². The highest BCUT2D eigenvalue weighted by Crippen LogP contribution is 2.33. The summed E-state index contributed by atoms with van der Waals surface area (Å²) < 4.78 is 5.09. The van der Waals surface area contributed by atoms with Gasteiger partial charge in [0, 0.05) is 25.7 Å². The smallest absolute Gasteiger partial charge is 0.0595 e. The van der Waals surface area contributed by atoms with Gasteiger partial charge < -0.3 is 10.1 Å². The van der Waals surface area contributed by atoms with Crippen LogP contribution in [-0.2, 0) is 4.74 Å². The Morgan fingerprint density at radius 2 is 2.11 bits per heavy atom. The van der Waals surface area contributed by atoms with Crippen LogP contribution in [0.1, 0.15) is 37.2 Å². The van der Waals surface area contributed by atoms with Gasteiger partial charge >= 0.3 is 0 Å². The van der Waals surface area contributed by atoms with Crippen molar-refractivity contribution in [3.63, 3.8) is 0 Å². The van der Waals surface area contributed by atoms with E-state index in [1.165, 1.54) is 24.8 Å². The number of halogens is 2. The first-order valence-corrected chi connectivity index (χ1v) is 7.65. The predicted molar refractivity (Wildman–Crippen MR) is 81.3 cm³/mol. The van der Waals surface area contributed by atoms with E-state index in [-0.39, 0.29) is 0 Å². The Bertz CT molecular complexity index is 411. The van der Waals surface area contributed by atoms with E-state index < -0.39 is 0 Å². The molecule has 0 bridgehead atoms. The maximum atomic E-state index is 6.12. The molecule has 0 spiro atoms. The van der Waals surface area contributed by atoms with Gasteiger partial charge in [0.1, 0.15) is 0 Å². The van der Waals surface area contributed by atoms with Gasteiger partial charge in [-0.2, -0.15) is 0 Å². The van der Waals surface area contributed by atoms with Crippen LogP contribution in [0.5, 0.6) is 0 Å². The molecule has 1 saturated heterocycles. The Morgan fingerprint density at radius 3 is 2.84 bits per heavy atom. The van der Waals surface area contributed by atoms with Crippen LogP contribution in [0.15, 0.2) is 18.2 Å². The minimum atomic E-state index is 0.550. The number of nitrogens with one attached hydrogen (secondary N) is 1. The zero-order chi connectivity index (χ0) is 13.7. The van der Waals surface area contributed by atoms with Crippen LogP contribution in [0.3, 0.4) is 0 Å². The second-order valence-corrected chi connectivity index (χ2v) is 5.93. The van der Waals surface area contributed by atoms with Crippen molar-refractivity contribution in [2.45, 2.75) is 37.6 Å². The molecule has 1 aliphatic rings. The normalized spacial score (nSPS) is 22.9. The van der Waals surface area contributed by atoms with Crippen LogP contribution in [0.4, 0.5) is 0 Å². The quantitative estimate of drug-likeness (QED) is 0.793. The lowest BCUT2D eigenvalue weighted by atomic mass is 9.89. The fourth-order valence-corrected chi connectivity index (χ4v) is 3.13. The zero-order valence-electron chi connectivity index (χ0n) is 11.3. The fourth-order valence-electron chi connectivity index (χ4n) is 2.82. The lowest BCUT2D eigenvalue weighted by Crippen LogP contribution is -2.25. The molecule has 1 fully saturated rings. The van der Waals surface area contributed by atoms with Gasteiger partial charge in [-0.1, -0.05) is 29.3 Å². The number of unbranched alkanes of at least 4 members (excludes halogenated alkanes) is 1. The monoisotopic (exact) mass is 301 g/mol. The molecular weight excluding hydrogens is 281 g/mol. The predicted octanol–water partition coefficient (Wildman–Crippen LogP) is 4.26. The molecule has 2 rings (SSSR count). The summed E-state index contributed by atoms with van der Waals surface area (Å²) >= 11 is 12.1. The summed E-state index contributed by atoms with van der Waals surface area (Å²) in [5.74, 6) is 0.553. The van der Waals surface area contributed by atoms with Gasteiger partial charge in [0.25, 0.3) is 0 Å². The van der Waals surface area contributed by atoms with Crippen molar-refractivity contribution in [1.29, 1.82) is 0 Å². The van der Waals surface area contributed by atoms with Gasteiger partial charge in [-0.15, -0.1) is 0 Å². The largest absolute Gasteiger partial charge is 0.385 e. The first-order chi connectivity index (χ1) is 9.22. The molecule has 0 aromatic heterocycles. The standard InChI is InChI=1S/C15H21Cl2NO/c1-19-9-3-2-4-15-12(7-8-18-15)11-5-6-13(16)14(17)10-11/h5-6,10,12,15,18H,2-4,7-9H2,1H3/t12?,15-/m0/s1. The van der Waals surface area contributed by atoms with E-state index in [1.807, 2.05) is 12.1 Å². The maximum absolute atomic E-state index is 6.12. The second-order valence-electron chi connectivity index (χ2n) is 5.12. The van der Waals surface area contributed by atoms with E-state index in [9.17, 15) is 0 Å². The molecular formula is C15H21Cl2NO. The van der Waals surface area contributed by atoms with E-state index in [0.717, 1.165) is 19.6 Å². The molecule has 0 saturated carbocycles. The molecule has 106 valence electrons. The second kappa shape index (κ2) is 7.49. The van der Waals surface area contributed by atoms with Crippen LogP contribution in [0, 0.1) is 0 Å². The molecule has 1 aromatic rings. The summed E-state index contributed by atoms with van der Waals surface area (Å²) in [5.41, 5.74) is 1.30. The Balaban J connectivity index is 1.95. The minimum Gasteiger partial charge on any atom is -0.385 e. The van der Waals surface area contributed by atoms with Crippen molar-refractivity contribution in [2.75, 3.05) is 20.3 Å². The average Bonchev–Trinajstić information content (AvgIpc) is 2.86. The topological polar surface area (TPSA) is 21.3 Å². The number of hydrogen-bond donors (Lipinski definition) is 1. The van der Waals surface area contributed by atoms with E-state index in [1.54, 1.807) is 7.11 Å². The third-order valence-corrected chi connectivity index (χ3v) is 4.57. The summed E-state index contributed by atoms with van der Waals surface area (Å²) in [4.78, 5) is 0. The third-order valence-electron chi connectivity index (χ3n) is 3.83. The molecule has 2 nitrogen and oxygen atoms in total. The zero-order valence-corrected chi connectivity index (χ0v) is 12.8. The average molecular weight is 302 g/mol. The van der Waals surface area contributed by atoms with Gasteiger partial charge in [-0.05, 0) is 49.9 Å². The summed E-state index contributed by atoms with van der Waals surface area (Å²) in [5, 5.41) is 4.89. The number of rotatable bonds is 6. The molecule has 0 radical (unpaired) electrons. The van der Waals surface area contributed by atoms with Gasteiger partial charge in [0.15, 0.2) is 0 Å². The highest BCUT2D eigenvalue weighted by molar-refractivity contribution is 6.42. The van der Waals surface area contributed by atoms with Gasteiger partial charge in [-0.3, -0.25) is 0 Å². The van der Waals surface area contributed by atoms with Crippen molar-refractivity contribution >= 4 is 23.2 Å². The Hall–Kier alpha value is -0.280. The molecule has 1 heterocycles. The highest BCUT2D eigenvalue weighted by atomic mass is 35.5. The van der Waals surface area contributed by atoms with E-state index in [4.69, 9.17) is 27.9 Å². The summed E-state index contributed by atoms with van der Waals surface area (Å²) in [7, 11) is 1.76. The van der Waals surface area contributed by atoms with Crippen LogP contribution in [0.25, 0.3) is 0 Å². The molecule has 1 aliphatic heterocycles. The van der Waals surface area contributed by atoms with Crippen LogP contribution >= 0.6 is 23.2 Å². The number of methoxy groups -OCH3 is 1. The van der Waals surface area contributed by atoms with Crippen LogP contribution in [0.2, 0.25) is 10.0 Å². The molecule has 0 aliphatic carbocycles. The van der Waals surface area contributed by atoms with E-state index in [0.29, 0.717) is 22.0 Å². The molecule has 0 amide bonds. The molecule has 1 N–H and O–H groups in total. The Kier molecular flexibility index (Phi) is 5.96. The lowest BCUT2D eigenvalue weighted by Gasteiger charge is -2.20. The molecule has 1 aromatic carbocycles. The van der Waals surface area contributed by atoms with Gasteiger partial charge in [0.05, 0.1) is 10.0 Å². The first kappa shape index (κ1) is 15.1. The Morgan fingerprint density at radius 1 is 1.26 bits per heavy atom. The number of benzene rings is 1.